The number of nitrogens with zero attached hydrogens (tertiary/aromatic N) is 2. The number of aliphatic imine (C=N–C) groups is 1. The summed E-state index contributed by atoms with van der Waals surface area (Å²) >= 11 is 6.05. The van der Waals surface area contributed by atoms with Gasteiger partial charge in [0.05, 0.1) is 11.4 Å². The van der Waals surface area contributed by atoms with E-state index >= 15 is 0 Å². The molecule has 0 amide bonds. The maximum absolute atomic E-state index is 6.05. The summed E-state index contributed by atoms with van der Waals surface area (Å²) < 4.78 is 0. The molecule has 2 heterocycles. The van der Waals surface area contributed by atoms with Crippen LogP contribution in [0.3, 0.4) is 0 Å². The summed E-state index contributed by atoms with van der Waals surface area (Å²) in [7, 11) is 0. The Morgan fingerprint density at radius 3 is 2.88 bits per heavy atom. The first-order chi connectivity index (χ1) is 8.34. The fourth-order valence-electron chi connectivity index (χ4n) is 2.08. The summed E-state index contributed by atoms with van der Waals surface area (Å²) in [5, 5.41) is 0.745. The molecule has 0 radical (unpaired) electrons. The molecule has 0 atom stereocenters. The third-order valence-electron chi connectivity index (χ3n) is 2.89. The summed E-state index contributed by atoms with van der Waals surface area (Å²) in [4.78, 5) is 8.93. The van der Waals surface area contributed by atoms with E-state index in [1.54, 1.807) is 6.20 Å². The van der Waals surface area contributed by atoms with Gasteiger partial charge in [-0.15, -0.1) is 0 Å². The average Bonchev–Trinajstić information content (AvgIpc) is 2.39. The van der Waals surface area contributed by atoms with Crippen LogP contribution in [0.5, 0.6) is 0 Å². The zero-order chi connectivity index (χ0) is 11.7. The van der Waals surface area contributed by atoms with Crippen molar-refractivity contribution in [3.05, 3.63) is 64.4 Å². The fourth-order valence-corrected chi connectivity index (χ4v) is 2.25. The molecule has 2 nitrogen and oxygen atoms in total. The summed E-state index contributed by atoms with van der Waals surface area (Å²) in [5.74, 6) is 0. The number of hydrogen-bond donors (Lipinski definition) is 0. The van der Waals surface area contributed by atoms with Gasteiger partial charge in [-0.05, 0) is 36.2 Å². The number of fused-ring (bicyclic) bond motifs is 1. The number of benzene rings is 1. The molecule has 3 rings (SSSR count). The molecule has 0 aliphatic carbocycles. The van der Waals surface area contributed by atoms with Gasteiger partial charge in [-0.2, -0.15) is 0 Å². The molecular formula is C14H11ClN2. The molecule has 3 heteroatoms. The van der Waals surface area contributed by atoms with Gasteiger partial charge in [0.1, 0.15) is 0 Å². The van der Waals surface area contributed by atoms with Crippen LogP contribution in [0.1, 0.15) is 16.8 Å². The number of aromatic nitrogens is 1. The van der Waals surface area contributed by atoms with Crippen molar-refractivity contribution in [2.24, 2.45) is 4.99 Å². The first-order valence-electron chi connectivity index (χ1n) is 5.59. The minimum Gasteiger partial charge on any atom is -0.282 e. The third kappa shape index (κ3) is 1.96. The van der Waals surface area contributed by atoms with Crippen LogP contribution in [0.25, 0.3) is 0 Å². The normalized spacial score (nSPS) is 14.1. The Kier molecular flexibility index (Phi) is 2.65. The van der Waals surface area contributed by atoms with Crippen molar-refractivity contribution in [1.82, 2.24) is 4.98 Å². The molecule has 0 unspecified atom stereocenters. The molecule has 0 bridgehead atoms. The fraction of sp³-hybridized carbons (Fsp3) is 0.143. The minimum absolute atomic E-state index is 0.745. The smallest absolute Gasteiger partial charge is 0.0906 e. The molecule has 0 N–H and O–H groups in total. The second-order valence-corrected chi connectivity index (χ2v) is 4.43. The highest BCUT2D eigenvalue weighted by Crippen LogP contribution is 2.23. The molecular weight excluding hydrogens is 232 g/mol. The Labute approximate surface area is 105 Å². The molecule has 0 saturated heterocycles. The highest BCUT2D eigenvalue weighted by molar-refractivity contribution is 6.31. The van der Waals surface area contributed by atoms with E-state index in [0.29, 0.717) is 0 Å². The standard InChI is InChI=1S/C14H11ClN2/c15-11-5-4-10-6-8-17-14(12(10)9-11)13-3-1-2-7-16-13/h1-5,7,9H,6,8H2. The SMILES string of the molecule is Clc1ccc2c(c1)C(c1ccccn1)=NCC2. The number of rotatable bonds is 1. The zero-order valence-corrected chi connectivity index (χ0v) is 9.98. The highest BCUT2D eigenvalue weighted by Gasteiger charge is 2.16. The van der Waals surface area contributed by atoms with E-state index in [1.165, 1.54) is 5.56 Å². The topological polar surface area (TPSA) is 25.2 Å². The van der Waals surface area contributed by atoms with Crippen LogP contribution in [0.4, 0.5) is 0 Å². The number of halogens is 1. The van der Waals surface area contributed by atoms with Crippen molar-refractivity contribution in [3.8, 4) is 0 Å². The molecule has 1 aliphatic rings. The molecule has 1 aromatic heterocycles. The van der Waals surface area contributed by atoms with Crippen LogP contribution in [-0.4, -0.2) is 17.2 Å². The first-order valence-corrected chi connectivity index (χ1v) is 5.97. The summed E-state index contributed by atoms with van der Waals surface area (Å²) in [5.41, 5.74) is 4.28. The van der Waals surface area contributed by atoms with Gasteiger partial charge in [-0.1, -0.05) is 23.7 Å². The molecule has 1 aliphatic heterocycles. The lowest BCUT2D eigenvalue weighted by Gasteiger charge is -2.16. The van der Waals surface area contributed by atoms with Gasteiger partial charge in [0.15, 0.2) is 0 Å². The van der Waals surface area contributed by atoms with Crippen LogP contribution in [0.2, 0.25) is 5.02 Å². The van der Waals surface area contributed by atoms with E-state index < -0.39 is 0 Å². The second-order valence-electron chi connectivity index (χ2n) is 4.00. The summed E-state index contributed by atoms with van der Waals surface area (Å²) in [6.45, 7) is 0.820. The van der Waals surface area contributed by atoms with Gasteiger partial charge in [0.25, 0.3) is 0 Å². The van der Waals surface area contributed by atoms with Gasteiger partial charge < -0.3 is 0 Å². The van der Waals surface area contributed by atoms with Crippen molar-refractivity contribution in [2.45, 2.75) is 6.42 Å². The molecule has 0 spiro atoms. The van der Waals surface area contributed by atoms with E-state index in [1.807, 2.05) is 30.3 Å². The molecule has 84 valence electrons. The monoisotopic (exact) mass is 242 g/mol. The van der Waals surface area contributed by atoms with Gasteiger partial charge in [0.2, 0.25) is 0 Å². The minimum atomic E-state index is 0.745. The van der Waals surface area contributed by atoms with Crippen molar-refractivity contribution >= 4 is 17.3 Å². The van der Waals surface area contributed by atoms with Crippen molar-refractivity contribution in [3.63, 3.8) is 0 Å². The Balaban J connectivity index is 2.14. The average molecular weight is 243 g/mol. The van der Waals surface area contributed by atoms with Crippen LogP contribution in [-0.2, 0) is 6.42 Å². The Bertz CT molecular complexity index is 576. The largest absolute Gasteiger partial charge is 0.282 e. The van der Waals surface area contributed by atoms with E-state index in [0.717, 1.165) is 35.0 Å². The van der Waals surface area contributed by atoms with Gasteiger partial charge in [-0.3, -0.25) is 9.98 Å². The van der Waals surface area contributed by atoms with E-state index in [9.17, 15) is 0 Å². The third-order valence-corrected chi connectivity index (χ3v) is 3.12. The van der Waals surface area contributed by atoms with E-state index in [-0.39, 0.29) is 0 Å². The second kappa shape index (κ2) is 4.30. The number of hydrogen-bond acceptors (Lipinski definition) is 2. The summed E-state index contributed by atoms with van der Waals surface area (Å²) in [6.07, 6.45) is 2.76. The Hall–Kier alpha value is -1.67. The maximum Gasteiger partial charge on any atom is 0.0906 e. The molecule has 0 fully saturated rings. The predicted octanol–water partition coefficient (Wildman–Crippen LogP) is 3.13. The van der Waals surface area contributed by atoms with Crippen molar-refractivity contribution in [2.75, 3.05) is 6.54 Å². The lowest BCUT2D eigenvalue weighted by atomic mass is 9.96. The van der Waals surface area contributed by atoms with Gasteiger partial charge >= 0.3 is 0 Å². The molecule has 0 saturated carbocycles. The van der Waals surface area contributed by atoms with Crippen LogP contribution in [0.15, 0.2) is 47.6 Å². The molecule has 17 heavy (non-hydrogen) atoms. The maximum atomic E-state index is 6.05. The van der Waals surface area contributed by atoms with Crippen molar-refractivity contribution in [1.29, 1.82) is 0 Å². The van der Waals surface area contributed by atoms with Crippen LogP contribution < -0.4 is 0 Å². The Morgan fingerprint density at radius 2 is 2.06 bits per heavy atom. The van der Waals surface area contributed by atoms with E-state index in [4.69, 9.17) is 11.6 Å². The van der Waals surface area contributed by atoms with Crippen LogP contribution in [0, 0.1) is 0 Å². The van der Waals surface area contributed by atoms with E-state index in [2.05, 4.69) is 16.0 Å². The lowest BCUT2D eigenvalue weighted by molar-refractivity contribution is 0.941. The van der Waals surface area contributed by atoms with Crippen molar-refractivity contribution < 1.29 is 0 Å². The zero-order valence-electron chi connectivity index (χ0n) is 9.23. The van der Waals surface area contributed by atoms with Gasteiger partial charge in [-0.25, -0.2) is 0 Å². The Morgan fingerprint density at radius 1 is 1.12 bits per heavy atom. The quantitative estimate of drug-likeness (QED) is 0.754. The molecule has 1 aromatic carbocycles. The molecule has 2 aromatic rings. The first kappa shape index (κ1) is 10.5. The van der Waals surface area contributed by atoms with Crippen LogP contribution >= 0.6 is 11.6 Å². The summed E-state index contributed by atoms with van der Waals surface area (Å²) in [6, 6.07) is 11.9. The highest BCUT2D eigenvalue weighted by atomic mass is 35.5. The number of pyridine rings is 1. The predicted molar refractivity (Wildman–Crippen MR) is 69.9 cm³/mol. The van der Waals surface area contributed by atoms with Gasteiger partial charge in [0, 0.05) is 23.3 Å². The lowest BCUT2D eigenvalue weighted by Crippen LogP contribution is -2.15.